The van der Waals surface area contributed by atoms with Crippen molar-refractivity contribution in [3.8, 4) is 0 Å². The minimum Gasteiger partial charge on any atom is -0.351 e. The maximum Gasteiger partial charge on any atom is 0.266 e. The smallest absolute Gasteiger partial charge is 0.266 e. The number of halogens is 3. The minimum absolute atomic E-state index is 0.115. The van der Waals surface area contributed by atoms with E-state index in [0.29, 0.717) is 5.56 Å². The van der Waals surface area contributed by atoms with E-state index < -0.39 is 15.9 Å². The Labute approximate surface area is 146 Å². The molecule has 0 aliphatic heterocycles. The highest BCUT2D eigenvalue weighted by molar-refractivity contribution is 14.1. The number of hydrogen-bond donors (Lipinski definition) is 2. The van der Waals surface area contributed by atoms with Crippen LogP contribution in [0.25, 0.3) is 0 Å². The first-order valence-corrected chi connectivity index (χ1v) is 9.43. The Hall–Kier alpha value is 0.790. The molecule has 1 aromatic carbocycles. The Balaban J connectivity index is 2.79. The van der Waals surface area contributed by atoms with Gasteiger partial charge in [-0.05, 0) is 79.9 Å². The van der Waals surface area contributed by atoms with Crippen LogP contribution in [0.5, 0.6) is 0 Å². The molecule has 0 heterocycles. The van der Waals surface area contributed by atoms with E-state index in [1.54, 1.807) is 6.07 Å². The zero-order chi connectivity index (χ0) is 13.9. The average Bonchev–Trinajstić information content (AvgIpc) is 2.21. The minimum atomic E-state index is -4.05. The van der Waals surface area contributed by atoms with Crippen molar-refractivity contribution in [3.05, 3.63) is 28.4 Å². The van der Waals surface area contributed by atoms with Crippen molar-refractivity contribution in [2.24, 2.45) is 0 Å². The molecule has 1 aromatic rings. The second kappa shape index (κ2) is 6.99. The van der Waals surface area contributed by atoms with Crippen molar-refractivity contribution in [3.63, 3.8) is 0 Å². The molecule has 9 heteroatoms. The predicted octanol–water partition coefficient (Wildman–Crippen LogP) is 2.12. The van der Waals surface area contributed by atoms with E-state index in [-0.39, 0.29) is 12.5 Å². The van der Waals surface area contributed by atoms with Crippen LogP contribution in [0.15, 0.2) is 12.1 Å². The van der Waals surface area contributed by atoms with Gasteiger partial charge in [-0.2, -0.15) is 8.42 Å². The lowest BCUT2D eigenvalue weighted by atomic mass is 10.2. The van der Waals surface area contributed by atoms with Gasteiger partial charge in [0.15, 0.2) is 0 Å². The summed E-state index contributed by atoms with van der Waals surface area (Å²) in [6.07, 6.45) is 0. The fourth-order valence-electron chi connectivity index (χ4n) is 1.11. The van der Waals surface area contributed by atoms with E-state index in [1.165, 1.54) is 0 Å². The number of amides is 1. The molecule has 18 heavy (non-hydrogen) atoms. The van der Waals surface area contributed by atoms with Gasteiger partial charge in [0.2, 0.25) is 0 Å². The summed E-state index contributed by atoms with van der Waals surface area (Å²) in [5.74, 6) is -0.837. The van der Waals surface area contributed by atoms with Crippen molar-refractivity contribution in [1.29, 1.82) is 0 Å². The standard InChI is InChI=1S/C9H8I3NO4S/c10-5-3-6(8(12)7(11)4-5)9(14)13-1-2-18(15,16)17/h3-4H,1-2H2,(H,13,14)(H,15,16,17). The van der Waals surface area contributed by atoms with Crippen LogP contribution < -0.4 is 5.32 Å². The lowest BCUT2D eigenvalue weighted by Crippen LogP contribution is -2.29. The van der Waals surface area contributed by atoms with Crippen LogP contribution in [0.3, 0.4) is 0 Å². The zero-order valence-corrected chi connectivity index (χ0v) is 16.1. The molecule has 0 saturated heterocycles. The van der Waals surface area contributed by atoms with Crippen molar-refractivity contribution < 1.29 is 17.8 Å². The Morgan fingerprint density at radius 1 is 1.28 bits per heavy atom. The van der Waals surface area contributed by atoms with Gasteiger partial charge in [-0.1, -0.05) is 0 Å². The quantitative estimate of drug-likeness (QED) is 0.313. The predicted molar refractivity (Wildman–Crippen MR) is 93.3 cm³/mol. The summed E-state index contributed by atoms with van der Waals surface area (Å²) in [6, 6.07) is 3.67. The maximum absolute atomic E-state index is 11.9. The highest BCUT2D eigenvalue weighted by Gasteiger charge is 2.14. The number of carbonyl (C=O) groups excluding carboxylic acids is 1. The monoisotopic (exact) mass is 607 g/mol. The number of benzene rings is 1. The van der Waals surface area contributed by atoms with Gasteiger partial charge < -0.3 is 5.32 Å². The van der Waals surface area contributed by atoms with E-state index in [4.69, 9.17) is 4.55 Å². The van der Waals surface area contributed by atoms with Crippen LogP contribution in [0, 0.1) is 10.7 Å². The fourth-order valence-corrected chi connectivity index (χ4v) is 3.87. The first kappa shape index (κ1) is 16.8. The molecule has 0 atom stereocenters. The molecule has 5 nitrogen and oxygen atoms in total. The highest BCUT2D eigenvalue weighted by Crippen LogP contribution is 2.22. The molecule has 1 rings (SSSR count). The van der Waals surface area contributed by atoms with Gasteiger partial charge in [-0.15, -0.1) is 0 Å². The Kier molecular flexibility index (Phi) is 6.54. The molecule has 100 valence electrons. The second-order valence-corrected chi connectivity index (χ2v) is 8.35. The van der Waals surface area contributed by atoms with Crippen LogP contribution >= 0.6 is 67.8 Å². The SMILES string of the molecule is O=C(NCCS(=O)(=O)O)c1cc(I)cc(I)c1I. The molecule has 1 amide bonds. The van der Waals surface area contributed by atoms with Crippen LogP contribution in [0.4, 0.5) is 0 Å². The zero-order valence-electron chi connectivity index (χ0n) is 8.78. The van der Waals surface area contributed by atoms with Gasteiger partial charge in [0.05, 0.1) is 11.3 Å². The molecule has 2 N–H and O–H groups in total. The molecule has 0 unspecified atom stereocenters. The largest absolute Gasteiger partial charge is 0.351 e. The van der Waals surface area contributed by atoms with Gasteiger partial charge in [0, 0.05) is 17.3 Å². The third-order valence-corrected chi connectivity index (χ3v) is 6.27. The number of carbonyl (C=O) groups is 1. The van der Waals surface area contributed by atoms with E-state index in [0.717, 1.165) is 10.7 Å². The van der Waals surface area contributed by atoms with Crippen LogP contribution in [-0.2, 0) is 10.1 Å². The highest BCUT2D eigenvalue weighted by atomic mass is 127. The number of nitrogens with one attached hydrogen (secondary N) is 1. The van der Waals surface area contributed by atoms with Crippen LogP contribution in [0.1, 0.15) is 10.4 Å². The molecular weight excluding hydrogens is 599 g/mol. The molecule has 0 fully saturated rings. The molecule has 0 spiro atoms. The third kappa shape index (κ3) is 5.42. The van der Waals surface area contributed by atoms with Gasteiger partial charge in [0.25, 0.3) is 16.0 Å². The molecule has 0 saturated carbocycles. The lowest BCUT2D eigenvalue weighted by molar-refractivity contribution is 0.0955. The molecular formula is C9H8I3NO4S. The average molecular weight is 607 g/mol. The number of rotatable bonds is 4. The number of hydrogen-bond acceptors (Lipinski definition) is 3. The van der Waals surface area contributed by atoms with Gasteiger partial charge in [-0.25, -0.2) is 0 Å². The third-order valence-electron chi connectivity index (χ3n) is 1.88. The Bertz CT molecular complexity index is 573. The van der Waals surface area contributed by atoms with Crippen LogP contribution in [0.2, 0.25) is 0 Å². The summed E-state index contributed by atoms with van der Waals surface area (Å²) < 4.78 is 32.3. The maximum atomic E-state index is 11.9. The van der Waals surface area contributed by atoms with E-state index >= 15 is 0 Å². The Morgan fingerprint density at radius 2 is 1.89 bits per heavy atom. The van der Waals surface area contributed by atoms with Crippen LogP contribution in [-0.4, -0.2) is 31.2 Å². The molecule has 0 aromatic heterocycles. The van der Waals surface area contributed by atoms with E-state index in [1.807, 2.05) is 6.07 Å². The summed E-state index contributed by atoms with van der Waals surface area (Å²) in [6.45, 7) is -0.115. The lowest BCUT2D eigenvalue weighted by Gasteiger charge is -2.08. The Morgan fingerprint density at radius 3 is 2.44 bits per heavy atom. The second-order valence-electron chi connectivity index (χ2n) is 3.29. The van der Waals surface area contributed by atoms with Crippen molar-refractivity contribution >= 4 is 83.8 Å². The van der Waals surface area contributed by atoms with E-state index in [9.17, 15) is 13.2 Å². The summed E-state index contributed by atoms with van der Waals surface area (Å²) in [5, 5.41) is 2.46. The van der Waals surface area contributed by atoms with Gasteiger partial charge in [0.1, 0.15) is 0 Å². The fraction of sp³-hybridized carbons (Fsp3) is 0.222. The topological polar surface area (TPSA) is 83.5 Å². The summed E-state index contributed by atoms with van der Waals surface area (Å²) in [4.78, 5) is 11.9. The first-order valence-electron chi connectivity index (χ1n) is 4.58. The van der Waals surface area contributed by atoms with Crippen molar-refractivity contribution in [2.75, 3.05) is 12.3 Å². The molecule has 0 bridgehead atoms. The normalized spacial score (nSPS) is 11.3. The van der Waals surface area contributed by atoms with Crippen molar-refractivity contribution in [1.82, 2.24) is 5.32 Å². The summed E-state index contributed by atoms with van der Waals surface area (Å²) >= 11 is 6.30. The summed E-state index contributed by atoms with van der Waals surface area (Å²) in [5.41, 5.74) is 0.502. The van der Waals surface area contributed by atoms with E-state index in [2.05, 4.69) is 73.1 Å². The first-order chi connectivity index (χ1) is 8.20. The molecule has 0 aliphatic carbocycles. The van der Waals surface area contributed by atoms with Gasteiger partial charge >= 0.3 is 0 Å². The summed E-state index contributed by atoms with van der Waals surface area (Å²) in [7, 11) is -4.05. The van der Waals surface area contributed by atoms with Gasteiger partial charge in [-0.3, -0.25) is 9.35 Å². The molecule has 0 aliphatic rings. The molecule has 0 radical (unpaired) electrons. The van der Waals surface area contributed by atoms with Crippen molar-refractivity contribution in [2.45, 2.75) is 0 Å².